The molecule has 0 aliphatic rings. The molecule has 0 aliphatic carbocycles. The Morgan fingerprint density at radius 3 is 2.69 bits per heavy atom. The summed E-state index contributed by atoms with van der Waals surface area (Å²) in [6, 6.07) is 1.62. The summed E-state index contributed by atoms with van der Waals surface area (Å²) in [6.45, 7) is 1.75. The van der Waals surface area contributed by atoms with Crippen molar-refractivity contribution in [3.05, 3.63) is 17.5 Å². The molecular weight excluding hydrogens is 232 g/mol. The number of primary sulfonamides is 1. The second-order valence-corrected chi connectivity index (χ2v) is 5.15. The van der Waals surface area contributed by atoms with Crippen LogP contribution in [0.2, 0.25) is 0 Å². The summed E-state index contributed by atoms with van der Waals surface area (Å²) in [4.78, 5) is 11.6. The van der Waals surface area contributed by atoms with Crippen molar-refractivity contribution in [1.82, 2.24) is 15.1 Å². The molecule has 0 spiro atoms. The van der Waals surface area contributed by atoms with Crippen molar-refractivity contribution in [2.24, 2.45) is 12.2 Å². The first-order valence-corrected chi connectivity index (χ1v) is 6.30. The number of aromatic nitrogens is 2. The number of rotatable bonds is 4. The van der Waals surface area contributed by atoms with Crippen molar-refractivity contribution in [3.8, 4) is 0 Å². The molecule has 3 N–H and O–H groups in total. The van der Waals surface area contributed by atoms with Crippen molar-refractivity contribution in [1.29, 1.82) is 0 Å². The van der Waals surface area contributed by atoms with Crippen molar-refractivity contribution >= 4 is 15.9 Å². The van der Waals surface area contributed by atoms with Gasteiger partial charge in [-0.05, 0) is 13.0 Å². The molecule has 1 amide bonds. The molecule has 0 radical (unpaired) electrons. The van der Waals surface area contributed by atoms with Gasteiger partial charge in [0.15, 0.2) is 0 Å². The zero-order valence-corrected chi connectivity index (χ0v) is 9.91. The molecule has 0 fully saturated rings. The molecule has 1 heterocycles. The van der Waals surface area contributed by atoms with Crippen LogP contribution in [0.15, 0.2) is 6.07 Å². The lowest BCUT2D eigenvalue weighted by molar-refractivity contribution is 0.0947. The van der Waals surface area contributed by atoms with E-state index in [1.165, 1.54) is 4.68 Å². The van der Waals surface area contributed by atoms with Crippen LogP contribution in [0.4, 0.5) is 0 Å². The molecule has 0 saturated carbocycles. The molecule has 0 aliphatic heterocycles. The number of hydrogen-bond acceptors (Lipinski definition) is 4. The highest BCUT2D eigenvalue weighted by Crippen LogP contribution is 2.00. The first kappa shape index (κ1) is 12.7. The van der Waals surface area contributed by atoms with Crippen LogP contribution in [-0.4, -0.2) is 36.4 Å². The summed E-state index contributed by atoms with van der Waals surface area (Å²) in [5.41, 5.74) is 1.10. The first-order chi connectivity index (χ1) is 7.29. The van der Waals surface area contributed by atoms with E-state index in [1.807, 2.05) is 0 Å². The lowest BCUT2D eigenvalue weighted by Crippen LogP contribution is -2.32. The molecule has 0 aromatic carbocycles. The van der Waals surface area contributed by atoms with Crippen LogP contribution in [0.1, 0.15) is 16.2 Å². The van der Waals surface area contributed by atoms with Crippen molar-refractivity contribution in [2.45, 2.75) is 6.92 Å². The zero-order valence-electron chi connectivity index (χ0n) is 9.10. The quantitative estimate of drug-likeness (QED) is 0.691. The fraction of sp³-hybridized carbons (Fsp3) is 0.500. The van der Waals surface area contributed by atoms with Gasteiger partial charge in [0.1, 0.15) is 5.69 Å². The third-order valence-corrected chi connectivity index (χ3v) is 2.68. The van der Waals surface area contributed by atoms with Gasteiger partial charge in [0.2, 0.25) is 10.0 Å². The number of nitrogens with two attached hydrogens (primary N) is 1. The molecule has 90 valence electrons. The predicted molar refractivity (Wildman–Crippen MR) is 58.3 cm³/mol. The van der Waals surface area contributed by atoms with Gasteiger partial charge in [0, 0.05) is 13.6 Å². The lowest BCUT2D eigenvalue weighted by Gasteiger charge is -2.03. The molecule has 1 aromatic rings. The van der Waals surface area contributed by atoms with Crippen molar-refractivity contribution in [2.75, 3.05) is 12.3 Å². The molecule has 7 nitrogen and oxygen atoms in total. The summed E-state index contributed by atoms with van der Waals surface area (Å²) in [6.07, 6.45) is 0. The van der Waals surface area contributed by atoms with Gasteiger partial charge in [-0.2, -0.15) is 5.10 Å². The maximum absolute atomic E-state index is 11.6. The highest BCUT2D eigenvalue weighted by Gasteiger charge is 2.12. The Morgan fingerprint density at radius 1 is 1.62 bits per heavy atom. The van der Waals surface area contributed by atoms with Gasteiger partial charge < -0.3 is 5.32 Å². The summed E-state index contributed by atoms with van der Waals surface area (Å²) < 4.78 is 22.7. The van der Waals surface area contributed by atoms with Gasteiger partial charge in [-0.1, -0.05) is 0 Å². The molecule has 0 unspecified atom stereocenters. The normalized spacial score (nSPS) is 11.4. The Bertz CT molecular complexity index is 491. The summed E-state index contributed by atoms with van der Waals surface area (Å²) in [7, 11) is -1.90. The molecule has 16 heavy (non-hydrogen) atoms. The second-order valence-electron chi connectivity index (χ2n) is 3.42. The monoisotopic (exact) mass is 246 g/mol. The topological polar surface area (TPSA) is 107 Å². The van der Waals surface area contributed by atoms with Crippen LogP contribution in [0.5, 0.6) is 0 Å². The van der Waals surface area contributed by atoms with E-state index in [-0.39, 0.29) is 18.2 Å². The Labute approximate surface area is 93.7 Å². The van der Waals surface area contributed by atoms with Crippen LogP contribution >= 0.6 is 0 Å². The van der Waals surface area contributed by atoms with Crippen LogP contribution < -0.4 is 10.5 Å². The molecule has 1 rings (SSSR count). The van der Waals surface area contributed by atoms with Crippen LogP contribution in [-0.2, 0) is 17.1 Å². The molecule has 0 bridgehead atoms. The average Bonchev–Trinajstić information content (AvgIpc) is 2.43. The second kappa shape index (κ2) is 4.62. The Balaban J connectivity index is 2.57. The number of nitrogens with one attached hydrogen (secondary N) is 1. The van der Waals surface area contributed by atoms with Crippen molar-refractivity contribution < 1.29 is 13.2 Å². The van der Waals surface area contributed by atoms with Gasteiger partial charge in [0.05, 0.1) is 11.4 Å². The number of carbonyl (C=O) groups is 1. The van der Waals surface area contributed by atoms with Gasteiger partial charge >= 0.3 is 0 Å². The van der Waals surface area contributed by atoms with E-state index >= 15 is 0 Å². The van der Waals surface area contributed by atoms with Gasteiger partial charge in [-0.3, -0.25) is 9.48 Å². The smallest absolute Gasteiger partial charge is 0.269 e. The number of carbonyl (C=O) groups excluding carboxylic acids is 1. The van der Waals surface area contributed by atoms with E-state index < -0.39 is 10.0 Å². The number of nitrogens with zero attached hydrogens (tertiary/aromatic N) is 2. The van der Waals surface area contributed by atoms with E-state index in [9.17, 15) is 13.2 Å². The minimum Gasteiger partial charge on any atom is -0.350 e. The van der Waals surface area contributed by atoms with Crippen LogP contribution in [0.3, 0.4) is 0 Å². The average molecular weight is 246 g/mol. The Kier molecular flexibility index (Phi) is 3.66. The van der Waals surface area contributed by atoms with Crippen LogP contribution in [0.25, 0.3) is 0 Å². The molecule has 1 aromatic heterocycles. The fourth-order valence-electron chi connectivity index (χ4n) is 1.22. The number of aryl methyl sites for hydroxylation is 2. The standard InChI is InChI=1S/C8H14N4O3S/c1-6-5-7(12(2)11-6)8(13)10-3-4-16(9,14)15/h5H,3-4H2,1-2H3,(H,10,13)(H2,9,14,15). The number of hydrogen-bond donors (Lipinski definition) is 2. The van der Waals surface area contributed by atoms with E-state index in [4.69, 9.17) is 5.14 Å². The SMILES string of the molecule is Cc1cc(C(=O)NCCS(N)(=O)=O)n(C)n1. The lowest BCUT2D eigenvalue weighted by atomic mass is 10.3. The first-order valence-electron chi connectivity index (χ1n) is 4.59. The number of amides is 1. The maximum Gasteiger partial charge on any atom is 0.269 e. The fourth-order valence-corrected chi connectivity index (χ4v) is 1.61. The molecule has 0 saturated heterocycles. The third-order valence-electron chi connectivity index (χ3n) is 1.91. The van der Waals surface area contributed by atoms with Gasteiger partial charge in [0.25, 0.3) is 5.91 Å². The Morgan fingerprint density at radius 2 is 2.25 bits per heavy atom. The minimum atomic E-state index is -3.54. The van der Waals surface area contributed by atoms with Gasteiger partial charge in [-0.15, -0.1) is 0 Å². The van der Waals surface area contributed by atoms with E-state index in [1.54, 1.807) is 20.0 Å². The third kappa shape index (κ3) is 3.63. The van der Waals surface area contributed by atoms with Crippen LogP contribution in [0, 0.1) is 6.92 Å². The maximum atomic E-state index is 11.6. The molecule has 0 atom stereocenters. The van der Waals surface area contributed by atoms with E-state index in [0.717, 1.165) is 5.69 Å². The minimum absolute atomic E-state index is 0.0120. The van der Waals surface area contributed by atoms with Gasteiger partial charge in [-0.25, -0.2) is 13.6 Å². The largest absolute Gasteiger partial charge is 0.350 e. The van der Waals surface area contributed by atoms with E-state index in [0.29, 0.717) is 5.69 Å². The molecular formula is C8H14N4O3S. The zero-order chi connectivity index (χ0) is 12.3. The highest BCUT2D eigenvalue weighted by atomic mass is 32.2. The van der Waals surface area contributed by atoms with E-state index in [2.05, 4.69) is 10.4 Å². The Hall–Kier alpha value is -1.41. The highest BCUT2D eigenvalue weighted by molar-refractivity contribution is 7.89. The number of sulfonamides is 1. The summed E-state index contributed by atoms with van der Waals surface area (Å²) in [5, 5.41) is 11.3. The predicted octanol–water partition coefficient (Wildman–Crippen LogP) is -1.25. The molecule has 8 heteroatoms. The van der Waals surface area contributed by atoms with Crippen molar-refractivity contribution in [3.63, 3.8) is 0 Å². The summed E-state index contributed by atoms with van der Waals surface area (Å²) in [5.74, 6) is -0.651. The summed E-state index contributed by atoms with van der Waals surface area (Å²) >= 11 is 0.